The van der Waals surface area contributed by atoms with Crippen molar-refractivity contribution in [3.63, 3.8) is 0 Å². The molecule has 7 nitrogen and oxygen atoms in total. The fourth-order valence-corrected chi connectivity index (χ4v) is 3.01. The molecule has 0 aliphatic heterocycles. The van der Waals surface area contributed by atoms with E-state index in [1.54, 1.807) is 37.8 Å². The lowest BCUT2D eigenvalue weighted by molar-refractivity contribution is 0.0893. The minimum atomic E-state index is -2.61. The van der Waals surface area contributed by atoms with Gasteiger partial charge in [0.15, 0.2) is 0 Å². The molecule has 0 aliphatic rings. The zero-order chi connectivity index (χ0) is 19.0. The smallest absolute Gasteiger partial charge is 0.255 e. The number of aromatic amines is 1. The molecule has 4 aromatic heterocycles. The summed E-state index contributed by atoms with van der Waals surface area (Å²) in [5.74, 6) is 0.0696. The summed E-state index contributed by atoms with van der Waals surface area (Å²) in [6.07, 6.45) is 3.90. The van der Waals surface area contributed by atoms with Crippen LogP contribution in [0.3, 0.4) is 0 Å². The van der Waals surface area contributed by atoms with Gasteiger partial charge in [0.1, 0.15) is 11.4 Å². The topological polar surface area (TPSA) is 84.3 Å². The third-order valence-electron chi connectivity index (χ3n) is 4.25. The lowest BCUT2D eigenvalue weighted by Gasteiger charge is -2.06. The van der Waals surface area contributed by atoms with Gasteiger partial charge in [-0.3, -0.25) is 4.79 Å². The van der Waals surface area contributed by atoms with Gasteiger partial charge in [-0.25, -0.2) is 18.3 Å². The molecule has 27 heavy (non-hydrogen) atoms. The number of pyridine rings is 2. The molecule has 138 valence electrons. The van der Waals surface area contributed by atoms with Crippen LogP contribution in [0, 0.1) is 0 Å². The molecule has 1 amide bonds. The number of carbonyl (C=O) groups excluding carboxylic acids is 1. The number of carbonyl (C=O) groups is 1. The van der Waals surface area contributed by atoms with E-state index in [1.807, 2.05) is 6.07 Å². The molecular formula is C18H15F2N5O2. The number of methoxy groups -OCH3 is 1. The van der Waals surface area contributed by atoms with E-state index in [4.69, 9.17) is 4.74 Å². The van der Waals surface area contributed by atoms with Crippen LogP contribution in [-0.4, -0.2) is 45.6 Å². The van der Waals surface area contributed by atoms with E-state index in [9.17, 15) is 13.6 Å². The van der Waals surface area contributed by atoms with Crippen molar-refractivity contribution in [3.8, 4) is 16.9 Å². The second-order valence-corrected chi connectivity index (χ2v) is 5.84. The van der Waals surface area contributed by atoms with Gasteiger partial charge in [0.2, 0.25) is 0 Å². The average Bonchev–Trinajstić information content (AvgIpc) is 3.29. The van der Waals surface area contributed by atoms with Crippen LogP contribution in [0.4, 0.5) is 8.78 Å². The Bertz CT molecular complexity index is 1140. The Hall–Kier alpha value is -3.49. The molecule has 0 unspecified atom stereocenters. The van der Waals surface area contributed by atoms with Crippen LogP contribution in [0.2, 0.25) is 0 Å². The summed E-state index contributed by atoms with van der Waals surface area (Å²) >= 11 is 0. The predicted molar refractivity (Wildman–Crippen MR) is 95.2 cm³/mol. The molecule has 0 fully saturated rings. The Labute approximate surface area is 152 Å². The molecule has 2 N–H and O–H groups in total. The van der Waals surface area contributed by atoms with Crippen LogP contribution < -0.4 is 10.1 Å². The fraction of sp³-hybridized carbons (Fsp3) is 0.167. The van der Waals surface area contributed by atoms with Gasteiger partial charge in [-0.15, -0.1) is 0 Å². The SMILES string of the molecule is COc1ccnc2[nH]cc(-c3ccn4ncc(C(=O)NCC(F)F)c4c3)c12. The lowest BCUT2D eigenvalue weighted by Crippen LogP contribution is -2.28. The zero-order valence-electron chi connectivity index (χ0n) is 14.2. The number of halogens is 2. The van der Waals surface area contributed by atoms with Gasteiger partial charge >= 0.3 is 0 Å². The first kappa shape index (κ1) is 17.0. The van der Waals surface area contributed by atoms with Gasteiger partial charge < -0.3 is 15.0 Å². The van der Waals surface area contributed by atoms with Crippen LogP contribution in [0.1, 0.15) is 10.4 Å². The Morgan fingerprint density at radius 3 is 3.04 bits per heavy atom. The largest absolute Gasteiger partial charge is 0.496 e. The van der Waals surface area contributed by atoms with Crippen molar-refractivity contribution in [2.75, 3.05) is 13.7 Å². The van der Waals surface area contributed by atoms with Gasteiger partial charge in [-0.05, 0) is 23.8 Å². The molecule has 0 bridgehead atoms. The number of hydrogen-bond donors (Lipinski definition) is 2. The Balaban J connectivity index is 1.80. The van der Waals surface area contributed by atoms with Crippen molar-refractivity contribution in [1.82, 2.24) is 24.9 Å². The number of rotatable bonds is 5. The Morgan fingerprint density at radius 1 is 1.41 bits per heavy atom. The van der Waals surface area contributed by atoms with Gasteiger partial charge in [-0.1, -0.05) is 0 Å². The third kappa shape index (κ3) is 2.97. The van der Waals surface area contributed by atoms with Crippen molar-refractivity contribution in [1.29, 1.82) is 0 Å². The highest BCUT2D eigenvalue weighted by atomic mass is 19.3. The van der Waals surface area contributed by atoms with Crippen molar-refractivity contribution in [3.05, 3.63) is 48.5 Å². The molecule has 0 saturated carbocycles. The van der Waals surface area contributed by atoms with E-state index in [-0.39, 0.29) is 5.56 Å². The van der Waals surface area contributed by atoms with Crippen molar-refractivity contribution in [2.45, 2.75) is 6.43 Å². The van der Waals surface area contributed by atoms with Crippen LogP contribution in [0.5, 0.6) is 5.75 Å². The average molecular weight is 371 g/mol. The van der Waals surface area contributed by atoms with E-state index in [0.717, 1.165) is 16.5 Å². The lowest BCUT2D eigenvalue weighted by atomic mass is 10.1. The van der Waals surface area contributed by atoms with E-state index in [2.05, 4.69) is 20.4 Å². The van der Waals surface area contributed by atoms with Crippen LogP contribution in [0.15, 0.2) is 43.0 Å². The summed E-state index contributed by atoms with van der Waals surface area (Å²) in [5.41, 5.74) is 3.06. The van der Waals surface area contributed by atoms with Gasteiger partial charge in [-0.2, -0.15) is 5.10 Å². The summed E-state index contributed by atoms with van der Waals surface area (Å²) in [7, 11) is 1.58. The number of alkyl halides is 2. The monoisotopic (exact) mass is 371 g/mol. The molecule has 0 radical (unpaired) electrons. The number of nitrogens with zero attached hydrogens (tertiary/aromatic N) is 3. The first-order chi connectivity index (χ1) is 13.1. The highest BCUT2D eigenvalue weighted by Crippen LogP contribution is 2.34. The number of H-pyrrole nitrogens is 1. The maximum Gasteiger partial charge on any atom is 0.255 e. The molecule has 0 atom stereocenters. The molecule has 9 heteroatoms. The summed E-state index contributed by atoms with van der Waals surface area (Å²) < 4.78 is 31.7. The minimum absolute atomic E-state index is 0.224. The molecular weight excluding hydrogens is 356 g/mol. The highest BCUT2D eigenvalue weighted by molar-refractivity contribution is 6.03. The summed E-state index contributed by atoms with van der Waals surface area (Å²) in [6, 6.07) is 5.38. The predicted octanol–water partition coefficient (Wildman–Crippen LogP) is 2.88. The van der Waals surface area contributed by atoms with E-state index >= 15 is 0 Å². The molecule has 4 aromatic rings. The second kappa shape index (κ2) is 6.67. The number of ether oxygens (including phenoxy) is 1. The first-order valence-corrected chi connectivity index (χ1v) is 8.12. The third-order valence-corrected chi connectivity index (χ3v) is 4.25. The second-order valence-electron chi connectivity index (χ2n) is 5.84. The fourth-order valence-electron chi connectivity index (χ4n) is 3.01. The zero-order valence-corrected chi connectivity index (χ0v) is 14.2. The molecule has 0 aromatic carbocycles. The summed E-state index contributed by atoms with van der Waals surface area (Å²) in [5, 5.41) is 7.12. The van der Waals surface area contributed by atoms with Crippen LogP contribution in [0.25, 0.3) is 27.7 Å². The Morgan fingerprint density at radius 2 is 2.26 bits per heavy atom. The number of aromatic nitrogens is 4. The normalized spacial score (nSPS) is 11.4. The van der Waals surface area contributed by atoms with Crippen molar-refractivity contribution >= 4 is 22.5 Å². The minimum Gasteiger partial charge on any atom is -0.496 e. The molecule has 0 aliphatic carbocycles. The highest BCUT2D eigenvalue weighted by Gasteiger charge is 2.17. The molecule has 0 saturated heterocycles. The van der Waals surface area contributed by atoms with Crippen LogP contribution in [-0.2, 0) is 0 Å². The van der Waals surface area contributed by atoms with E-state index in [0.29, 0.717) is 16.9 Å². The number of nitrogens with one attached hydrogen (secondary N) is 2. The van der Waals surface area contributed by atoms with E-state index < -0.39 is 18.9 Å². The maximum atomic E-state index is 12.4. The van der Waals surface area contributed by atoms with Crippen molar-refractivity contribution < 1.29 is 18.3 Å². The van der Waals surface area contributed by atoms with E-state index in [1.165, 1.54) is 10.7 Å². The number of amides is 1. The molecule has 4 rings (SSSR count). The standard InChI is InChI=1S/C18H15F2N5O2/c1-27-14-2-4-21-17-16(14)11(7-22-17)10-3-5-25-13(6-10)12(8-24-25)18(26)23-9-15(19)20/h2-8,15H,9H2,1H3,(H,21,22)(H,23,26). The maximum absolute atomic E-state index is 12.4. The molecule has 0 spiro atoms. The Kier molecular flexibility index (Phi) is 4.19. The van der Waals surface area contributed by atoms with Gasteiger partial charge in [0.25, 0.3) is 12.3 Å². The summed E-state index contributed by atoms with van der Waals surface area (Å²) in [4.78, 5) is 19.6. The summed E-state index contributed by atoms with van der Waals surface area (Å²) in [6.45, 7) is -0.707. The quantitative estimate of drug-likeness (QED) is 0.565. The molecule has 4 heterocycles. The van der Waals surface area contributed by atoms with Gasteiger partial charge in [0.05, 0.1) is 36.3 Å². The van der Waals surface area contributed by atoms with Crippen LogP contribution >= 0.6 is 0 Å². The number of hydrogen-bond acceptors (Lipinski definition) is 4. The number of fused-ring (bicyclic) bond motifs is 2. The van der Waals surface area contributed by atoms with Gasteiger partial charge in [0, 0.05) is 24.2 Å². The van der Waals surface area contributed by atoms with Crippen molar-refractivity contribution in [2.24, 2.45) is 0 Å². The first-order valence-electron chi connectivity index (χ1n) is 8.12.